The number of aromatic nitrogens is 2. The van der Waals surface area contributed by atoms with E-state index in [-0.39, 0.29) is 6.61 Å². The van der Waals surface area contributed by atoms with Crippen molar-refractivity contribution in [2.45, 2.75) is 13.5 Å². The number of hydrogen-bond donors (Lipinski definition) is 0. The summed E-state index contributed by atoms with van der Waals surface area (Å²) in [6.45, 7) is 1.86. The summed E-state index contributed by atoms with van der Waals surface area (Å²) < 4.78 is 16.5. The summed E-state index contributed by atoms with van der Waals surface area (Å²) in [5.41, 5.74) is 1.60. The maximum atomic E-state index is 11.5. The quantitative estimate of drug-likeness (QED) is 0.497. The van der Waals surface area contributed by atoms with E-state index >= 15 is 0 Å². The number of rotatable bonds is 4. The molecule has 0 atom stereocenters. The second-order valence-corrected chi connectivity index (χ2v) is 6.09. The first kappa shape index (κ1) is 16.4. The van der Waals surface area contributed by atoms with Gasteiger partial charge < -0.3 is 13.6 Å². The zero-order chi connectivity index (χ0) is 18.1. The van der Waals surface area contributed by atoms with Crippen LogP contribution in [0.4, 0.5) is 0 Å². The van der Waals surface area contributed by atoms with Gasteiger partial charge in [0.05, 0.1) is 5.02 Å². The number of fused-ring (bicyclic) bond motifs is 1. The SMILES string of the molecule is Cc1cc(=O)oc2cc(OCc3nnc(-c4ccccc4)o3)c(Cl)cc12. The van der Waals surface area contributed by atoms with E-state index in [0.29, 0.717) is 28.1 Å². The van der Waals surface area contributed by atoms with Crippen LogP contribution in [0.25, 0.3) is 22.4 Å². The Kier molecular flexibility index (Phi) is 4.18. The first-order valence-electron chi connectivity index (χ1n) is 7.85. The molecule has 0 saturated carbocycles. The lowest BCUT2D eigenvalue weighted by molar-refractivity contribution is 0.264. The van der Waals surface area contributed by atoms with Crippen LogP contribution in [0, 0.1) is 6.92 Å². The molecule has 4 rings (SSSR count). The minimum absolute atomic E-state index is 0.0428. The average Bonchev–Trinajstić information content (AvgIpc) is 3.10. The maximum absolute atomic E-state index is 11.5. The number of hydrogen-bond acceptors (Lipinski definition) is 6. The lowest BCUT2D eigenvalue weighted by Gasteiger charge is -2.08. The minimum atomic E-state index is -0.423. The first-order valence-corrected chi connectivity index (χ1v) is 8.22. The molecule has 0 unspecified atom stereocenters. The van der Waals surface area contributed by atoms with Gasteiger partial charge in [0.15, 0.2) is 6.61 Å². The highest BCUT2D eigenvalue weighted by Gasteiger charge is 2.12. The molecule has 0 aliphatic rings. The molecule has 4 aromatic rings. The molecule has 0 fully saturated rings. The Morgan fingerprint density at radius 2 is 1.88 bits per heavy atom. The summed E-state index contributed by atoms with van der Waals surface area (Å²) in [5, 5.41) is 9.13. The summed E-state index contributed by atoms with van der Waals surface area (Å²) >= 11 is 6.27. The van der Waals surface area contributed by atoms with E-state index in [2.05, 4.69) is 10.2 Å². The predicted octanol–water partition coefficient (Wildman–Crippen LogP) is 4.38. The third kappa shape index (κ3) is 3.19. The molecule has 0 aliphatic carbocycles. The number of halogens is 1. The van der Waals surface area contributed by atoms with Crippen molar-refractivity contribution in [1.29, 1.82) is 0 Å². The monoisotopic (exact) mass is 368 g/mol. The minimum Gasteiger partial charge on any atom is -0.482 e. The van der Waals surface area contributed by atoms with E-state index < -0.39 is 5.63 Å². The van der Waals surface area contributed by atoms with Crippen LogP contribution in [0.1, 0.15) is 11.5 Å². The average molecular weight is 369 g/mol. The fraction of sp³-hybridized carbons (Fsp3) is 0.105. The van der Waals surface area contributed by atoms with Crippen molar-refractivity contribution in [1.82, 2.24) is 10.2 Å². The van der Waals surface area contributed by atoms with Crippen LogP contribution in [0.5, 0.6) is 5.75 Å². The van der Waals surface area contributed by atoms with Gasteiger partial charge in [-0.25, -0.2) is 4.79 Å². The van der Waals surface area contributed by atoms with Crippen LogP contribution in [0.3, 0.4) is 0 Å². The molecular weight excluding hydrogens is 356 g/mol. The molecule has 7 heteroatoms. The van der Waals surface area contributed by atoms with Crippen molar-refractivity contribution < 1.29 is 13.6 Å². The van der Waals surface area contributed by atoms with Gasteiger partial charge in [-0.05, 0) is 30.7 Å². The fourth-order valence-corrected chi connectivity index (χ4v) is 2.80. The molecule has 0 saturated heterocycles. The van der Waals surface area contributed by atoms with E-state index in [1.807, 2.05) is 37.3 Å². The molecule has 2 aromatic heterocycles. The Morgan fingerprint density at radius 1 is 1.08 bits per heavy atom. The van der Waals surface area contributed by atoms with E-state index in [4.69, 9.17) is 25.2 Å². The van der Waals surface area contributed by atoms with Gasteiger partial charge in [-0.15, -0.1) is 10.2 Å². The van der Waals surface area contributed by atoms with Crippen LogP contribution in [0.15, 0.2) is 62.2 Å². The molecule has 6 nitrogen and oxygen atoms in total. The fourth-order valence-electron chi connectivity index (χ4n) is 2.58. The molecule has 2 heterocycles. The first-order chi connectivity index (χ1) is 12.6. The smallest absolute Gasteiger partial charge is 0.336 e. The topological polar surface area (TPSA) is 78.4 Å². The van der Waals surface area contributed by atoms with Gasteiger partial charge in [-0.2, -0.15) is 0 Å². The van der Waals surface area contributed by atoms with Gasteiger partial charge in [0.25, 0.3) is 5.89 Å². The molecular formula is C19H13ClN2O4. The highest BCUT2D eigenvalue weighted by atomic mass is 35.5. The van der Waals surface area contributed by atoms with Crippen molar-refractivity contribution in [2.75, 3.05) is 0 Å². The predicted molar refractivity (Wildman–Crippen MR) is 96.3 cm³/mol. The lowest BCUT2D eigenvalue weighted by Crippen LogP contribution is -2.00. The van der Waals surface area contributed by atoms with E-state index in [9.17, 15) is 4.79 Å². The van der Waals surface area contributed by atoms with E-state index in [1.165, 1.54) is 6.07 Å². The van der Waals surface area contributed by atoms with Crippen molar-refractivity contribution in [3.63, 3.8) is 0 Å². The second-order valence-electron chi connectivity index (χ2n) is 5.68. The molecule has 26 heavy (non-hydrogen) atoms. The van der Waals surface area contributed by atoms with Crippen LogP contribution in [-0.4, -0.2) is 10.2 Å². The molecule has 0 amide bonds. The zero-order valence-corrected chi connectivity index (χ0v) is 14.5. The van der Waals surface area contributed by atoms with Crippen LogP contribution >= 0.6 is 11.6 Å². The largest absolute Gasteiger partial charge is 0.482 e. The zero-order valence-electron chi connectivity index (χ0n) is 13.7. The molecule has 0 radical (unpaired) electrons. The highest BCUT2D eigenvalue weighted by molar-refractivity contribution is 6.32. The summed E-state index contributed by atoms with van der Waals surface area (Å²) in [6.07, 6.45) is 0. The van der Waals surface area contributed by atoms with E-state index in [1.54, 1.807) is 12.1 Å². The molecule has 0 aliphatic heterocycles. The van der Waals surface area contributed by atoms with Gasteiger partial charge in [0, 0.05) is 23.1 Å². The number of aryl methyl sites for hydroxylation is 1. The summed E-state index contributed by atoms with van der Waals surface area (Å²) in [4.78, 5) is 11.5. The van der Waals surface area contributed by atoms with E-state index in [0.717, 1.165) is 16.5 Å². The van der Waals surface area contributed by atoms with Crippen LogP contribution in [0.2, 0.25) is 5.02 Å². The Labute approximate surface area is 153 Å². The van der Waals surface area contributed by atoms with Crippen molar-refractivity contribution in [2.24, 2.45) is 0 Å². The Morgan fingerprint density at radius 3 is 2.69 bits per heavy atom. The van der Waals surface area contributed by atoms with Gasteiger partial charge in [-0.3, -0.25) is 0 Å². The van der Waals surface area contributed by atoms with Gasteiger partial charge in [0.1, 0.15) is 11.3 Å². The maximum Gasteiger partial charge on any atom is 0.336 e. The molecule has 2 aromatic carbocycles. The van der Waals surface area contributed by atoms with Gasteiger partial charge in [0.2, 0.25) is 5.89 Å². The molecule has 130 valence electrons. The number of benzene rings is 2. The molecule has 0 bridgehead atoms. The van der Waals surface area contributed by atoms with Gasteiger partial charge in [-0.1, -0.05) is 29.8 Å². The Bertz CT molecular complexity index is 1140. The highest BCUT2D eigenvalue weighted by Crippen LogP contribution is 2.31. The molecule has 0 N–H and O–H groups in total. The van der Waals surface area contributed by atoms with Crippen LogP contribution in [-0.2, 0) is 6.61 Å². The normalized spacial score (nSPS) is 11.0. The van der Waals surface area contributed by atoms with Crippen molar-refractivity contribution in [3.05, 3.63) is 75.4 Å². The molecule has 0 spiro atoms. The standard InChI is InChI=1S/C19H13ClN2O4/c1-11-7-18(23)25-15-9-16(14(20)8-13(11)15)24-10-17-21-22-19(26-17)12-5-3-2-4-6-12/h2-9H,10H2,1H3. The lowest BCUT2D eigenvalue weighted by atomic mass is 10.1. The Balaban J connectivity index is 1.57. The summed E-state index contributed by atoms with van der Waals surface area (Å²) in [7, 11) is 0. The summed E-state index contributed by atoms with van der Waals surface area (Å²) in [6, 6.07) is 14.1. The van der Waals surface area contributed by atoms with Crippen molar-refractivity contribution in [3.8, 4) is 17.2 Å². The number of nitrogens with zero attached hydrogens (tertiary/aromatic N) is 2. The van der Waals surface area contributed by atoms with Crippen LogP contribution < -0.4 is 10.4 Å². The second kappa shape index (κ2) is 6.65. The van der Waals surface area contributed by atoms with Crippen molar-refractivity contribution >= 4 is 22.6 Å². The van der Waals surface area contributed by atoms with Gasteiger partial charge >= 0.3 is 5.63 Å². The number of ether oxygens (including phenoxy) is 1. The third-order valence-electron chi connectivity index (χ3n) is 3.84. The Hall–Kier alpha value is -3.12. The summed E-state index contributed by atoms with van der Waals surface area (Å²) in [5.74, 6) is 1.09. The third-order valence-corrected chi connectivity index (χ3v) is 4.14.